The van der Waals surface area contributed by atoms with Crippen LogP contribution in [0.5, 0.6) is 0 Å². The lowest BCUT2D eigenvalue weighted by molar-refractivity contribution is 0.377. The molecule has 0 radical (unpaired) electrons. The van der Waals surface area contributed by atoms with Gasteiger partial charge in [0.1, 0.15) is 0 Å². The SMILES string of the molecule is CC1=C(/C=C/C(C)=C\C=C\C(C)=C\C=C\C=C(C)\C=C\C=C(C)\C=C\C2=C(C)CCCC2(C)C)C(C)(C)C=CC1. The smallest absolute Gasteiger partial charge is 0.00749 e. The Kier molecular flexibility index (Phi) is 12.9. The summed E-state index contributed by atoms with van der Waals surface area (Å²) in [5.41, 5.74) is 11.3. The highest BCUT2D eigenvalue weighted by Gasteiger charge is 2.26. The van der Waals surface area contributed by atoms with Gasteiger partial charge in [0.2, 0.25) is 0 Å². The van der Waals surface area contributed by atoms with Crippen molar-refractivity contribution in [3.63, 3.8) is 0 Å². The minimum absolute atomic E-state index is 0.111. The van der Waals surface area contributed by atoms with Crippen LogP contribution in [0.15, 0.2) is 142 Å². The molecule has 214 valence electrons. The molecule has 0 aromatic heterocycles. The summed E-state index contributed by atoms with van der Waals surface area (Å²) in [6.07, 6.45) is 40.1. The van der Waals surface area contributed by atoms with Crippen LogP contribution in [0.2, 0.25) is 0 Å². The van der Waals surface area contributed by atoms with E-state index in [1.165, 1.54) is 58.3 Å². The van der Waals surface area contributed by atoms with Crippen LogP contribution < -0.4 is 0 Å². The van der Waals surface area contributed by atoms with Crippen LogP contribution in [0.3, 0.4) is 0 Å². The molecule has 40 heavy (non-hydrogen) atoms. The molecule has 0 aliphatic heterocycles. The minimum Gasteiger partial charge on any atom is -0.0836 e. The highest BCUT2D eigenvalue weighted by atomic mass is 14.3. The maximum Gasteiger partial charge on any atom is 0.00749 e. The molecule has 0 amide bonds. The zero-order valence-electron chi connectivity index (χ0n) is 27.1. The van der Waals surface area contributed by atoms with E-state index in [2.05, 4.69) is 166 Å². The second-order valence-electron chi connectivity index (χ2n) is 12.9. The van der Waals surface area contributed by atoms with Crippen molar-refractivity contribution in [3.05, 3.63) is 142 Å². The lowest BCUT2D eigenvalue weighted by Gasteiger charge is -2.32. The van der Waals surface area contributed by atoms with Gasteiger partial charge >= 0.3 is 0 Å². The summed E-state index contributed by atoms with van der Waals surface area (Å²) >= 11 is 0. The van der Waals surface area contributed by atoms with Gasteiger partial charge in [0.05, 0.1) is 0 Å². The number of hydrogen-bond donors (Lipinski definition) is 0. The monoisotopic (exact) mass is 534 g/mol. The van der Waals surface area contributed by atoms with E-state index in [0.717, 1.165) is 6.42 Å². The summed E-state index contributed by atoms with van der Waals surface area (Å²) in [6, 6.07) is 0. The van der Waals surface area contributed by atoms with Gasteiger partial charge in [-0.25, -0.2) is 0 Å². The fourth-order valence-corrected chi connectivity index (χ4v) is 5.42. The Morgan fingerprint density at radius 1 is 0.625 bits per heavy atom. The van der Waals surface area contributed by atoms with Crippen molar-refractivity contribution in [1.29, 1.82) is 0 Å². The summed E-state index contributed by atoms with van der Waals surface area (Å²) in [4.78, 5) is 0. The van der Waals surface area contributed by atoms with Crippen LogP contribution in [0, 0.1) is 10.8 Å². The third-order valence-corrected chi connectivity index (χ3v) is 7.95. The molecule has 0 unspecified atom stereocenters. The molecule has 0 heterocycles. The Hall–Kier alpha value is -3.12. The van der Waals surface area contributed by atoms with Gasteiger partial charge in [-0.15, -0.1) is 0 Å². The van der Waals surface area contributed by atoms with E-state index in [0.29, 0.717) is 0 Å². The molecule has 2 aliphatic carbocycles. The van der Waals surface area contributed by atoms with E-state index in [-0.39, 0.29) is 10.8 Å². The van der Waals surface area contributed by atoms with Gasteiger partial charge in [-0.2, -0.15) is 0 Å². The van der Waals surface area contributed by atoms with Crippen molar-refractivity contribution in [2.75, 3.05) is 0 Å². The summed E-state index contributed by atoms with van der Waals surface area (Å²) < 4.78 is 0. The predicted molar refractivity (Wildman–Crippen MR) is 181 cm³/mol. The lowest BCUT2D eigenvalue weighted by Crippen LogP contribution is -2.19. The minimum atomic E-state index is 0.111. The fourth-order valence-electron chi connectivity index (χ4n) is 5.42. The second kappa shape index (κ2) is 15.6. The standard InChI is InChI=1S/C40H54/c1-31(19-13-21-33(3)25-27-37-35(5)23-15-29-39(37,7)8)17-11-12-18-32(2)20-14-22-34(4)26-28-38-36(6)24-16-30-40(38,9)10/h11-15,17-22,25-29H,16,23-24,30H2,1-10H3/b12-11+,19-13+,20-14+,27-25+,28-26+,31-17+,32-18+,33-21-,34-22+. The first-order valence-corrected chi connectivity index (χ1v) is 15.0. The van der Waals surface area contributed by atoms with E-state index in [1.54, 1.807) is 5.57 Å². The topological polar surface area (TPSA) is 0 Å². The van der Waals surface area contributed by atoms with Crippen LogP contribution in [-0.2, 0) is 0 Å². The molecule has 0 heteroatoms. The van der Waals surface area contributed by atoms with Crippen LogP contribution in [0.1, 0.15) is 94.9 Å². The van der Waals surface area contributed by atoms with Crippen molar-refractivity contribution >= 4 is 0 Å². The van der Waals surface area contributed by atoms with Crippen molar-refractivity contribution < 1.29 is 0 Å². The Labute approximate surface area is 247 Å². The average Bonchev–Trinajstić information content (AvgIpc) is 2.85. The molecule has 0 N–H and O–H groups in total. The Balaban J connectivity index is 1.89. The first-order valence-electron chi connectivity index (χ1n) is 15.0. The van der Waals surface area contributed by atoms with Gasteiger partial charge in [0.25, 0.3) is 0 Å². The fraction of sp³-hybridized carbons (Fsp3) is 0.400. The van der Waals surface area contributed by atoms with E-state index >= 15 is 0 Å². The molecule has 0 aromatic carbocycles. The second-order valence-corrected chi connectivity index (χ2v) is 12.9. The quantitative estimate of drug-likeness (QED) is 0.193. The van der Waals surface area contributed by atoms with Gasteiger partial charge < -0.3 is 0 Å². The molecule has 0 fully saturated rings. The van der Waals surface area contributed by atoms with Crippen LogP contribution in [0.25, 0.3) is 0 Å². The van der Waals surface area contributed by atoms with E-state index in [1.807, 2.05) is 0 Å². The normalized spacial score (nSPS) is 21.6. The summed E-state index contributed by atoms with van der Waals surface area (Å²) in [6.45, 7) is 22.5. The molecule has 0 nitrogen and oxygen atoms in total. The molecular formula is C40H54. The van der Waals surface area contributed by atoms with Crippen LogP contribution in [0.4, 0.5) is 0 Å². The molecule has 0 atom stereocenters. The van der Waals surface area contributed by atoms with Gasteiger partial charge in [-0.1, -0.05) is 158 Å². The molecule has 2 rings (SSSR count). The third-order valence-electron chi connectivity index (χ3n) is 7.95. The number of rotatable bonds is 10. The number of hydrogen-bond acceptors (Lipinski definition) is 0. The summed E-state index contributed by atoms with van der Waals surface area (Å²) in [5.74, 6) is 0. The van der Waals surface area contributed by atoms with Gasteiger partial charge in [-0.3, -0.25) is 0 Å². The first kappa shape index (κ1) is 33.1. The largest absolute Gasteiger partial charge is 0.0836 e. The number of allylic oxidation sites excluding steroid dienone is 24. The Morgan fingerprint density at radius 2 is 1.10 bits per heavy atom. The summed E-state index contributed by atoms with van der Waals surface area (Å²) in [7, 11) is 0. The summed E-state index contributed by atoms with van der Waals surface area (Å²) in [5, 5.41) is 0. The van der Waals surface area contributed by atoms with Gasteiger partial charge in [0.15, 0.2) is 0 Å². The van der Waals surface area contributed by atoms with Crippen molar-refractivity contribution in [2.24, 2.45) is 10.8 Å². The maximum absolute atomic E-state index is 2.37. The average molecular weight is 535 g/mol. The first-order chi connectivity index (χ1) is 18.8. The molecule has 0 saturated heterocycles. The molecule has 0 aromatic rings. The zero-order valence-corrected chi connectivity index (χ0v) is 27.1. The Bertz CT molecular complexity index is 1190. The lowest BCUT2D eigenvalue weighted by atomic mass is 9.72. The highest BCUT2D eigenvalue weighted by Crippen LogP contribution is 2.41. The van der Waals surface area contributed by atoms with Crippen LogP contribution in [-0.4, -0.2) is 0 Å². The van der Waals surface area contributed by atoms with Gasteiger partial charge in [-0.05, 0) is 83.8 Å². The zero-order chi connectivity index (χ0) is 29.8. The predicted octanol–water partition coefficient (Wildman–Crippen LogP) is 12.4. The molecule has 0 spiro atoms. The highest BCUT2D eigenvalue weighted by molar-refractivity contribution is 5.41. The van der Waals surface area contributed by atoms with Crippen molar-refractivity contribution in [2.45, 2.75) is 94.9 Å². The molecule has 0 saturated carbocycles. The van der Waals surface area contributed by atoms with Crippen molar-refractivity contribution in [3.8, 4) is 0 Å². The van der Waals surface area contributed by atoms with E-state index in [9.17, 15) is 0 Å². The molecule has 0 bridgehead atoms. The van der Waals surface area contributed by atoms with Crippen LogP contribution >= 0.6 is 0 Å². The van der Waals surface area contributed by atoms with E-state index in [4.69, 9.17) is 0 Å². The van der Waals surface area contributed by atoms with E-state index < -0.39 is 0 Å². The third kappa shape index (κ3) is 11.2. The Morgan fingerprint density at radius 3 is 1.60 bits per heavy atom. The molecular weight excluding hydrogens is 480 g/mol. The van der Waals surface area contributed by atoms with Gasteiger partial charge in [0, 0.05) is 5.41 Å². The molecule has 2 aliphatic rings. The van der Waals surface area contributed by atoms with Crippen molar-refractivity contribution in [1.82, 2.24) is 0 Å². The maximum atomic E-state index is 2.37.